The number of halogens is 4. The van der Waals surface area contributed by atoms with Gasteiger partial charge in [0.25, 0.3) is 0 Å². The van der Waals surface area contributed by atoms with Gasteiger partial charge in [0.2, 0.25) is 0 Å². The van der Waals surface area contributed by atoms with E-state index in [1.54, 1.807) is 22.7 Å². The Morgan fingerprint density at radius 3 is 1.46 bits per heavy atom. The zero-order valence-electron chi connectivity index (χ0n) is 39.4. The van der Waals surface area contributed by atoms with E-state index in [4.69, 9.17) is 8.83 Å². The quantitative estimate of drug-likeness (QED) is 0.173. The van der Waals surface area contributed by atoms with Crippen molar-refractivity contribution in [3.63, 3.8) is 0 Å². The lowest BCUT2D eigenvalue weighted by molar-refractivity contribution is 0.667. The van der Waals surface area contributed by atoms with Crippen molar-refractivity contribution in [2.24, 2.45) is 0 Å². The van der Waals surface area contributed by atoms with E-state index in [9.17, 15) is 0 Å². The van der Waals surface area contributed by atoms with E-state index in [-0.39, 0.29) is 0 Å². The lowest BCUT2D eigenvalue weighted by atomic mass is 10.2. The van der Waals surface area contributed by atoms with E-state index in [0.717, 1.165) is 48.1 Å². The minimum Gasteiger partial charge on any atom is -0.454 e. The van der Waals surface area contributed by atoms with Crippen LogP contribution >= 0.6 is 200 Å². The molecule has 16 aromatic heterocycles. The first-order chi connectivity index (χ1) is 38.0. The van der Waals surface area contributed by atoms with Gasteiger partial charge in [0, 0.05) is 56.4 Å². The molecule has 4 nitrogen and oxygen atoms in total. The number of thiophene rings is 12. The van der Waals surface area contributed by atoms with Crippen molar-refractivity contribution in [2.75, 3.05) is 0 Å². The van der Waals surface area contributed by atoms with Crippen LogP contribution in [0.15, 0.2) is 121 Å². The molecule has 0 amide bonds. The summed E-state index contributed by atoms with van der Waals surface area (Å²) >= 11 is 37.4. The Bertz CT molecular complexity index is 6020. The third-order valence-corrected chi connectivity index (χ3v) is 32.2. The van der Waals surface area contributed by atoms with Crippen LogP contribution in [0.4, 0.5) is 0 Å². The van der Waals surface area contributed by atoms with Crippen molar-refractivity contribution in [1.82, 2.24) is 9.13 Å². The van der Waals surface area contributed by atoms with Crippen LogP contribution in [0.5, 0.6) is 0 Å². The smallest absolute Gasteiger partial charge is 0.170 e. The van der Waals surface area contributed by atoms with Gasteiger partial charge in [-0.2, -0.15) is 0 Å². The van der Waals surface area contributed by atoms with Gasteiger partial charge in [0.1, 0.15) is 16.7 Å². The van der Waals surface area contributed by atoms with E-state index in [1.165, 1.54) is 149 Å². The summed E-state index contributed by atoms with van der Waals surface area (Å²) in [5.41, 5.74) is 13.8. The molecule has 0 saturated heterocycles. The second-order valence-corrected chi connectivity index (χ2v) is 37.4. The molecule has 376 valence electrons. The molecule has 20 heteroatoms. The molecular formula is C58H22Br4N2O2S12. The van der Waals surface area contributed by atoms with E-state index in [0.29, 0.717) is 0 Å². The zero-order valence-corrected chi connectivity index (χ0v) is 55.5. The fraction of sp³-hybridized carbons (Fsp3) is 0.0345. The number of nitrogens with zero attached hydrogens (tertiary/aromatic N) is 2. The van der Waals surface area contributed by atoms with E-state index >= 15 is 0 Å². The second-order valence-electron chi connectivity index (χ2n) is 19.4. The summed E-state index contributed by atoms with van der Waals surface area (Å²) in [5.74, 6) is 0. The summed E-state index contributed by atoms with van der Waals surface area (Å²) in [4.78, 5) is 0. The Kier molecular flexibility index (Phi) is 10.0. The van der Waals surface area contributed by atoms with Crippen LogP contribution in [0.25, 0.3) is 171 Å². The highest BCUT2D eigenvalue weighted by molar-refractivity contribution is 9.11. The Morgan fingerprint density at radius 1 is 0.308 bits per heavy atom. The minimum atomic E-state index is 0.912. The maximum Gasteiger partial charge on any atom is 0.170 e. The molecule has 78 heavy (non-hydrogen) atoms. The van der Waals surface area contributed by atoms with E-state index in [2.05, 4.69) is 184 Å². The molecule has 0 radical (unpaired) electrons. The first-order valence-corrected chi connectivity index (χ1v) is 37.0. The summed E-state index contributed by atoms with van der Waals surface area (Å²) < 4.78 is 50.1. The van der Waals surface area contributed by atoms with Gasteiger partial charge in [0.15, 0.2) is 11.2 Å². The SMILES string of the molecule is Cc1ccc(-n2c3c4cc5sc6c(sc7c8sc(Br)cc8sc76)c5cc4sc3c3sc4cc(Br)sc4c32)cc1.Cc1ccc(-n2c3cc(Br)sc3c3sc4c5cc6oc7c(sc8c9sc(Br)cc9sc78)c6cc5oc4c32)cc1. The monoisotopic (exact) mass is 1480 g/mol. The van der Waals surface area contributed by atoms with Crippen molar-refractivity contribution in [1.29, 1.82) is 0 Å². The van der Waals surface area contributed by atoms with Crippen molar-refractivity contribution >= 4 is 360 Å². The average molecular weight is 1480 g/mol. The highest BCUT2D eigenvalue weighted by atomic mass is 79.9. The molecular weight excluding hydrogens is 1460 g/mol. The zero-order chi connectivity index (χ0) is 51.5. The van der Waals surface area contributed by atoms with Crippen LogP contribution in [-0.2, 0) is 0 Å². The topological polar surface area (TPSA) is 36.1 Å². The third-order valence-electron chi connectivity index (χ3n) is 14.8. The van der Waals surface area contributed by atoms with Gasteiger partial charge in [0.05, 0.1) is 102 Å². The summed E-state index contributed by atoms with van der Waals surface area (Å²) in [6, 6.07) is 36.1. The molecule has 20 rings (SSSR count). The molecule has 0 aliphatic carbocycles. The number of hydrogen-bond acceptors (Lipinski definition) is 14. The summed E-state index contributed by atoms with van der Waals surface area (Å²) in [5, 5.41) is 5.03. The third kappa shape index (κ3) is 6.40. The lowest BCUT2D eigenvalue weighted by Crippen LogP contribution is -1.93. The lowest BCUT2D eigenvalue weighted by Gasteiger charge is -2.08. The number of furan rings is 2. The number of benzene rings is 4. The van der Waals surface area contributed by atoms with Crippen LogP contribution in [0.2, 0.25) is 0 Å². The molecule has 0 atom stereocenters. The van der Waals surface area contributed by atoms with Crippen molar-refractivity contribution in [3.05, 3.63) is 123 Å². The molecule has 0 saturated carbocycles. The number of rotatable bonds is 2. The molecule has 16 heterocycles. The second kappa shape index (κ2) is 16.6. The van der Waals surface area contributed by atoms with E-state index in [1.807, 2.05) is 113 Å². The van der Waals surface area contributed by atoms with E-state index < -0.39 is 0 Å². The van der Waals surface area contributed by atoms with Crippen LogP contribution in [0.1, 0.15) is 11.1 Å². The Hall–Kier alpha value is -3.52. The maximum absolute atomic E-state index is 6.72. The van der Waals surface area contributed by atoms with Crippen LogP contribution in [0.3, 0.4) is 0 Å². The number of fused-ring (bicyclic) bond motifs is 28. The molecule has 0 aliphatic heterocycles. The van der Waals surface area contributed by atoms with Crippen molar-refractivity contribution < 1.29 is 8.83 Å². The highest BCUT2D eigenvalue weighted by Crippen LogP contribution is 2.57. The number of aromatic nitrogens is 2. The molecule has 0 N–H and O–H groups in total. The Labute approximate surface area is 519 Å². The summed E-state index contributed by atoms with van der Waals surface area (Å²) in [6.45, 7) is 4.29. The molecule has 4 aromatic carbocycles. The predicted molar refractivity (Wildman–Crippen MR) is 371 cm³/mol. The normalized spacial score (nSPS) is 13.0. The fourth-order valence-electron chi connectivity index (χ4n) is 11.4. The maximum atomic E-state index is 6.72. The predicted octanol–water partition coefficient (Wildman–Crippen LogP) is 27.0. The van der Waals surface area contributed by atoms with Crippen LogP contribution in [-0.4, -0.2) is 9.13 Å². The molecule has 0 bridgehead atoms. The Morgan fingerprint density at radius 2 is 0.756 bits per heavy atom. The first kappa shape index (κ1) is 47.0. The van der Waals surface area contributed by atoms with Crippen molar-refractivity contribution in [2.45, 2.75) is 13.8 Å². The highest BCUT2D eigenvalue weighted by Gasteiger charge is 2.28. The summed E-state index contributed by atoms with van der Waals surface area (Å²) in [7, 11) is 0. The molecule has 0 unspecified atom stereocenters. The standard InChI is InChI=1S/C29H11Br2NO2S5.C29H11Br2NS7/c1-10-2-4-11(5-3-10)32-14-8-18(30)36-25(14)27-20(32)21-23(38-27)12-6-16-13(7-15(12)33-21)24-22(34-16)28-29(39-24)26-17(35-28)9-19(31)37-26;1-10-2-4-11(5-3-10)32-20-12-6-15-13(22-27(34-15)29-28(39-22)24-17(36-29)9-19(31)38-24)7-14(12)33-25(20)26-21(32)23-16(35-26)8-18(30)37-23/h2*2-9H,1H3. The minimum absolute atomic E-state index is 0.912. The number of hydrogen-bond donors (Lipinski definition) is 0. The molecule has 0 aliphatic rings. The van der Waals surface area contributed by atoms with Gasteiger partial charge < -0.3 is 18.0 Å². The first-order valence-electron chi connectivity index (χ1n) is 24.1. The fourth-order valence-corrected chi connectivity index (χ4v) is 30.0. The Balaban J connectivity index is 0.000000118. The van der Waals surface area contributed by atoms with Gasteiger partial charge in [-0.05, 0) is 150 Å². The van der Waals surface area contributed by atoms with Gasteiger partial charge >= 0.3 is 0 Å². The number of aryl methyl sites for hydroxylation is 2. The van der Waals surface area contributed by atoms with Crippen molar-refractivity contribution in [3.8, 4) is 11.4 Å². The molecule has 20 aromatic rings. The van der Waals surface area contributed by atoms with Crippen LogP contribution in [0, 0.1) is 13.8 Å². The molecule has 0 spiro atoms. The van der Waals surface area contributed by atoms with Crippen LogP contribution < -0.4 is 0 Å². The van der Waals surface area contributed by atoms with Gasteiger partial charge in [-0.3, -0.25) is 0 Å². The van der Waals surface area contributed by atoms with Gasteiger partial charge in [-0.15, -0.1) is 136 Å². The summed E-state index contributed by atoms with van der Waals surface area (Å²) in [6.07, 6.45) is 0. The molecule has 0 fully saturated rings. The van der Waals surface area contributed by atoms with Gasteiger partial charge in [-0.25, -0.2) is 0 Å². The largest absolute Gasteiger partial charge is 0.454 e. The van der Waals surface area contributed by atoms with Gasteiger partial charge in [-0.1, -0.05) is 35.4 Å². The average Bonchev–Trinajstić information content (AvgIpc) is 4.22.